The van der Waals surface area contributed by atoms with Crippen molar-refractivity contribution in [3.05, 3.63) is 18.5 Å². The average molecular weight is 216 g/mol. The second kappa shape index (κ2) is 3.13. The van der Waals surface area contributed by atoms with E-state index < -0.39 is 0 Å². The van der Waals surface area contributed by atoms with Gasteiger partial charge in [0.2, 0.25) is 5.91 Å². The topological polar surface area (TPSA) is 79.0 Å². The lowest BCUT2D eigenvalue weighted by atomic mass is 10.3. The number of hydrogen-bond acceptors (Lipinski definition) is 4. The van der Waals surface area contributed by atoms with Gasteiger partial charge < -0.3 is 4.90 Å². The summed E-state index contributed by atoms with van der Waals surface area (Å²) in [6.45, 7) is 0.143. The molecule has 1 N–H and O–H groups in total. The SMILES string of the molecule is O=C1CC(=O)N(c2cnc3[nH]ncc3c2)C1. The zero-order chi connectivity index (χ0) is 11.1. The Bertz CT molecular complexity index is 589. The van der Waals surface area contributed by atoms with Crippen molar-refractivity contribution < 1.29 is 9.59 Å². The van der Waals surface area contributed by atoms with E-state index >= 15 is 0 Å². The molecule has 0 unspecified atom stereocenters. The third-order valence-corrected chi connectivity index (χ3v) is 2.57. The number of hydrogen-bond donors (Lipinski definition) is 1. The largest absolute Gasteiger partial charge is 0.303 e. The molecule has 1 amide bonds. The van der Waals surface area contributed by atoms with Crippen LogP contribution in [0.4, 0.5) is 5.69 Å². The summed E-state index contributed by atoms with van der Waals surface area (Å²) in [5.41, 5.74) is 1.31. The highest BCUT2D eigenvalue weighted by Gasteiger charge is 2.28. The van der Waals surface area contributed by atoms with Crippen LogP contribution in [-0.4, -0.2) is 33.4 Å². The molecule has 16 heavy (non-hydrogen) atoms. The lowest BCUT2D eigenvalue weighted by Gasteiger charge is -2.13. The van der Waals surface area contributed by atoms with E-state index in [1.165, 1.54) is 4.90 Å². The second-order valence-electron chi connectivity index (χ2n) is 3.70. The maximum atomic E-state index is 11.5. The Balaban J connectivity index is 2.05. The monoisotopic (exact) mass is 216 g/mol. The third-order valence-electron chi connectivity index (χ3n) is 2.57. The van der Waals surface area contributed by atoms with Crippen LogP contribution in [0.15, 0.2) is 18.5 Å². The quantitative estimate of drug-likeness (QED) is 0.693. The first-order valence-electron chi connectivity index (χ1n) is 4.85. The Kier molecular flexibility index (Phi) is 1.76. The number of ketones is 1. The maximum Gasteiger partial charge on any atom is 0.234 e. The van der Waals surface area contributed by atoms with Crippen LogP contribution in [-0.2, 0) is 9.59 Å². The summed E-state index contributed by atoms with van der Waals surface area (Å²) in [4.78, 5) is 28.2. The van der Waals surface area contributed by atoms with E-state index in [1.807, 2.05) is 0 Å². The zero-order valence-corrected chi connectivity index (χ0v) is 8.30. The first-order chi connectivity index (χ1) is 7.74. The summed E-state index contributed by atoms with van der Waals surface area (Å²) in [6, 6.07) is 1.79. The summed E-state index contributed by atoms with van der Waals surface area (Å²) >= 11 is 0. The smallest absolute Gasteiger partial charge is 0.234 e. The number of anilines is 1. The van der Waals surface area contributed by atoms with Crippen molar-refractivity contribution in [1.29, 1.82) is 0 Å². The van der Waals surface area contributed by atoms with E-state index in [9.17, 15) is 9.59 Å². The van der Waals surface area contributed by atoms with Crippen LogP contribution >= 0.6 is 0 Å². The number of nitrogens with zero attached hydrogens (tertiary/aromatic N) is 3. The number of nitrogens with one attached hydrogen (secondary N) is 1. The van der Waals surface area contributed by atoms with Crippen molar-refractivity contribution in [2.24, 2.45) is 0 Å². The molecule has 1 saturated heterocycles. The van der Waals surface area contributed by atoms with Gasteiger partial charge in [-0.1, -0.05) is 0 Å². The molecule has 1 aliphatic rings. The van der Waals surface area contributed by atoms with Gasteiger partial charge in [-0.25, -0.2) is 4.98 Å². The van der Waals surface area contributed by atoms with Gasteiger partial charge in [0, 0.05) is 5.39 Å². The number of aromatic nitrogens is 3. The third kappa shape index (κ3) is 1.27. The predicted octanol–water partition coefficient (Wildman–Crippen LogP) is 0.264. The molecule has 0 aliphatic carbocycles. The van der Waals surface area contributed by atoms with Crippen molar-refractivity contribution in [2.45, 2.75) is 6.42 Å². The van der Waals surface area contributed by atoms with Gasteiger partial charge in [-0.05, 0) is 6.07 Å². The van der Waals surface area contributed by atoms with Crippen LogP contribution in [0.5, 0.6) is 0 Å². The minimum atomic E-state index is -0.172. The number of H-pyrrole nitrogens is 1. The lowest BCUT2D eigenvalue weighted by molar-refractivity contribution is -0.121. The van der Waals surface area contributed by atoms with Crippen molar-refractivity contribution in [3.8, 4) is 0 Å². The minimum Gasteiger partial charge on any atom is -0.303 e. The molecule has 2 aromatic heterocycles. The molecule has 0 spiro atoms. The van der Waals surface area contributed by atoms with Crippen molar-refractivity contribution >= 4 is 28.4 Å². The molecular formula is C10H8N4O2. The van der Waals surface area contributed by atoms with Crippen LogP contribution in [0, 0.1) is 0 Å². The van der Waals surface area contributed by atoms with Gasteiger partial charge in [0.05, 0.1) is 31.0 Å². The van der Waals surface area contributed by atoms with E-state index in [2.05, 4.69) is 15.2 Å². The Hall–Kier alpha value is -2.24. The molecule has 6 nitrogen and oxygen atoms in total. The normalized spacial score (nSPS) is 16.4. The fourth-order valence-corrected chi connectivity index (χ4v) is 1.79. The highest BCUT2D eigenvalue weighted by atomic mass is 16.2. The van der Waals surface area contributed by atoms with Gasteiger partial charge in [-0.2, -0.15) is 5.10 Å². The molecule has 80 valence electrons. The summed E-state index contributed by atoms with van der Waals surface area (Å²) in [5.74, 6) is -0.230. The molecule has 2 aromatic rings. The van der Waals surface area contributed by atoms with Gasteiger partial charge in [0.1, 0.15) is 0 Å². The second-order valence-corrected chi connectivity index (χ2v) is 3.70. The Morgan fingerprint density at radius 2 is 2.19 bits per heavy atom. The van der Waals surface area contributed by atoms with E-state index in [0.29, 0.717) is 11.3 Å². The number of Topliss-reactive ketones (excluding diaryl/α,β-unsaturated/α-hetero) is 1. The van der Waals surface area contributed by atoms with Crippen LogP contribution in [0.3, 0.4) is 0 Å². The summed E-state index contributed by atoms with van der Waals surface area (Å²) < 4.78 is 0. The number of fused-ring (bicyclic) bond motifs is 1. The molecule has 0 aromatic carbocycles. The molecule has 1 fully saturated rings. The first kappa shape index (κ1) is 9.02. The molecular weight excluding hydrogens is 208 g/mol. The van der Waals surface area contributed by atoms with E-state index in [-0.39, 0.29) is 24.7 Å². The van der Waals surface area contributed by atoms with E-state index in [4.69, 9.17) is 0 Å². The molecule has 6 heteroatoms. The van der Waals surface area contributed by atoms with Gasteiger partial charge in [0.15, 0.2) is 11.4 Å². The van der Waals surface area contributed by atoms with Crippen LogP contribution < -0.4 is 4.90 Å². The fraction of sp³-hybridized carbons (Fsp3) is 0.200. The van der Waals surface area contributed by atoms with Gasteiger partial charge in [0.25, 0.3) is 0 Å². The summed E-state index contributed by atoms with van der Waals surface area (Å²) in [6.07, 6.45) is 3.19. The van der Waals surface area contributed by atoms with Crippen LogP contribution in [0.25, 0.3) is 11.0 Å². The van der Waals surface area contributed by atoms with Crippen molar-refractivity contribution in [1.82, 2.24) is 15.2 Å². The molecule has 3 heterocycles. The summed E-state index contributed by atoms with van der Waals surface area (Å²) in [7, 11) is 0. The lowest BCUT2D eigenvalue weighted by Crippen LogP contribution is -2.24. The maximum absolute atomic E-state index is 11.5. The Morgan fingerprint density at radius 1 is 1.31 bits per heavy atom. The van der Waals surface area contributed by atoms with Crippen LogP contribution in [0.1, 0.15) is 6.42 Å². The number of pyridine rings is 1. The minimum absolute atomic E-state index is 0.0105. The molecule has 0 radical (unpaired) electrons. The number of carbonyl (C=O) groups excluding carboxylic acids is 2. The highest BCUT2D eigenvalue weighted by Crippen LogP contribution is 2.21. The molecule has 3 rings (SSSR count). The Labute approximate surface area is 90.3 Å². The first-order valence-corrected chi connectivity index (χ1v) is 4.85. The average Bonchev–Trinajstić information content (AvgIpc) is 2.83. The number of carbonyl (C=O) groups is 2. The Morgan fingerprint density at radius 3 is 2.94 bits per heavy atom. The van der Waals surface area contributed by atoms with E-state index in [1.54, 1.807) is 18.5 Å². The van der Waals surface area contributed by atoms with Gasteiger partial charge in [-0.3, -0.25) is 14.7 Å². The zero-order valence-electron chi connectivity index (χ0n) is 8.30. The van der Waals surface area contributed by atoms with Crippen LogP contribution in [0.2, 0.25) is 0 Å². The van der Waals surface area contributed by atoms with Gasteiger partial charge in [-0.15, -0.1) is 0 Å². The van der Waals surface area contributed by atoms with E-state index in [0.717, 1.165) is 5.39 Å². The molecule has 0 atom stereocenters. The molecule has 0 bridgehead atoms. The standard InChI is InChI=1S/C10H8N4O2/c15-8-2-9(16)14(5-8)7-1-6-3-12-13-10(6)11-4-7/h1,3-4H,2,5H2,(H,11,12,13). The highest BCUT2D eigenvalue weighted by molar-refractivity contribution is 6.15. The van der Waals surface area contributed by atoms with Crippen molar-refractivity contribution in [3.63, 3.8) is 0 Å². The number of aromatic amines is 1. The van der Waals surface area contributed by atoms with Crippen molar-refractivity contribution in [2.75, 3.05) is 11.4 Å². The number of rotatable bonds is 1. The number of amides is 1. The fourth-order valence-electron chi connectivity index (χ4n) is 1.79. The molecule has 1 aliphatic heterocycles. The molecule has 0 saturated carbocycles. The predicted molar refractivity (Wildman–Crippen MR) is 55.9 cm³/mol. The summed E-state index contributed by atoms with van der Waals surface area (Å²) in [5, 5.41) is 7.39. The van der Waals surface area contributed by atoms with Gasteiger partial charge >= 0.3 is 0 Å².